The van der Waals surface area contributed by atoms with E-state index in [1.807, 2.05) is 0 Å². The van der Waals surface area contributed by atoms with Gasteiger partial charge >= 0.3 is 0 Å². The zero-order chi connectivity index (χ0) is 10.9. The van der Waals surface area contributed by atoms with E-state index >= 15 is 0 Å². The largest absolute Gasteiger partial charge is 0.351 e. The Labute approximate surface area is 88.0 Å². The van der Waals surface area contributed by atoms with Crippen LogP contribution in [0, 0.1) is 5.41 Å². The summed E-state index contributed by atoms with van der Waals surface area (Å²) >= 11 is 0. The number of amides is 1. The minimum absolute atomic E-state index is 0.0277. The van der Waals surface area contributed by atoms with Crippen LogP contribution in [0.3, 0.4) is 0 Å². The Balaban J connectivity index is 1.83. The molecule has 82 valence electrons. The van der Waals surface area contributed by atoms with Crippen molar-refractivity contribution in [3.63, 3.8) is 0 Å². The molecule has 0 aliphatic heterocycles. The molecule has 0 aromatic carbocycles. The van der Waals surface area contributed by atoms with Gasteiger partial charge in [-0.1, -0.05) is 13.8 Å². The third kappa shape index (κ3) is 2.14. The van der Waals surface area contributed by atoms with E-state index in [2.05, 4.69) is 34.7 Å². The number of nitrogens with zero attached hydrogens (tertiary/aromatic N) is 4. The highest BCUT2D eigenvalue weighted by Gasteiger charge is 2.39. The molecular formula is C9H15N5O. The maximum absolute atomic E-state index is 11.6. The molecule has 15 heavy (non-hydrogen) atoms. The lowest BCUT2D eigenvalue weighted by molar-refractivity contribution is -0.124. The average molecular weight is 209 g/mol. The lowest BCUT2D eigenvalue weighted by Crippen LogP contribution is -2.52. The second-order valence-corrected chi connectivity index (χ2v) is 4.65. The Hall–Kier alpha value is -1.46. The van der Waals surface area contributed by atoms with Gasteiger partial charge in [0, 0.05) is 6.04 Å². The molecule has 1 aliphatic carbocycles. The van der Waals surface area contributed by atoms with Crippen molar-refractivity contribution >= 4 is 5.91 Å². The van der Waals surface area contributed by atoms with Gasteiger partial charge in [-0.05, 0) is 28.7 Å². The molecular weight excluding hydrogens is 194 g/mol. The molecule has 6 heteroatoms. The van der Waals surface area contributed by atoms with Gasteiger partial charge in [0.2, 0.25) is 5.91 Å². The molecule has 1 aliphatic rings. The predicted octanol–water partition coefficient (Wildman–Crippen LogP) is -0.0221. The lowest BCUT2D eigenvalue weighted by atomic mass is 9.67. The van der Waals surface area contributed by atoms with E-state index < -0.39 is 0 Å². The Morgan fingerprint density at radius 3 is 2.93 bits per heavy atom. The van der Waals surface area contributed by atoms with Crippen LogP contribution in [0.2, 0.25) is 0 Å². The molecule has 1 saturated carbocycles. The molecule has 6 nitrogen and oxygen atoms in total. The number of tetrazole rings is 1. The third-order valence-electron chi connectivity index (χ3n) is 3.05. The Kier molecular flexibility index (Phi) is 2.42. The summed E-state index contributed by atoms with van der Waals surface area (Å²) in [6.07, 6.45) is 3.67. The van der Waals surface area contributed by atoms with Gasteiger partial charge < -0.3 is 5.32 Å². The van der Waals surface area contributed by atoms with Crippen LogP contribution in [-0.4, -0.2) is 32.2 Å². The summed E-state index contributed by atoms with van der Waals surface area (Å²) in [4.78, 5) is 11.6. The standard InChI is InChI=1S/C9H15N5O/c1-9(2)4-3-7(9)11-8(15)5-14-6-10-12-13-14/h6-7H,3-5H2,1-2H3,(H,11,15). The zero-order valence-corrected chi connectivity index (χ0v) is 8.97. The molecule has 1 N–H and O–H groups in total. The SMILES string of the molecule is CC1(C)CCC1NC(=O)Cn1cnnn1. The smallest absolute Gasteiger partial charge is 0.242 e. The molecule has 0 radical (unpaired) electrons. The average Bonchev–Trinajstić information content (AvgIpc) is 2.65. The van der Waals surface area contributed by atoms with Crippen LogP contribution < -0.4 is 5.32 Å². The highest BCUT2D eigenvalue weighted by atomic mass is 16.2. The topological polar surface area (TPSA) is 72.7 Å². The van der Waals surface area contributed by atoms with Crippen molar-refractivity contribution in [2.45, 2.75) is 39.3 Å². The molecule has 1 aromatic rings. The highest BCUT2D eigenvalue weighted by Crippen LogP contribution is 2.39. The Morgan fingerprint density at radius 2 is 2.47 bits per heavy atom. The van der Waals surface area contributed by atoms with Gasteiger partial charge in [-0.25, -0.2) is 4.68 Å². The monoisotopic (exact) mass is 209 g/mol. The number of rotatable bonds is 3. The fraction of sp³-hybridized carbons (Fsp3) is 0.778. The number of carbonyl (C=O) groups excluding carboxylic acids is 1. The molecule has 0 spiro atoms. The summed E-state index contributed by atoms with van der Waals surface area (Å²) in [5.74, 6) is -0.0277. The van der Waals surface area contributed by atoms with E-state index in [9.17, 15) is 4.79 Å². The minimum atomic E-state index is -0.0277. The van der Waals surface area contributed by atoms with Gasteiger partial charge in [0.25, 0.3) is 0 Å². The minimum Gasteiger partial charge on any atom is -0.351 e. The van der Waals surface area contributed by atoms with E-state index in [0.29, 0.717) is 6.04 Å². The van der Waals surface area contributed by atoms with Crippen molar-refractivity contribution in [1.82, 2.24) is 25.5 Å². The number of hydrogen-bond donors (Lipinski definition) is 1. The molecule has 0 bridgehead atoms. The maximum Gasteiger partial charge on any atom is 0.242 e. The van der Waals surface area contributed by atoms with Gasteiger partial charge in [0.1, 0.15) is 12.9 Å². The first kappa shape index (κ1) is 10.1. The summed E-state index contributed by atoms with van der Waals surface area (Å²) in [6.45, 7) is 4.52. The molecule has 1 heterocycles. The van der Waals surface area contributed by atoms with E-state index in [0.717, 1.165) is 6.42 Å². The quantitative estimate of drug-likeness (QED) is 0.759. The van der Waals surface area contributed by atoms with Crippen molar-refractivity contribution in [2.24, 2.45) is 5.41 Å². The molecule has 1 unspecified atom stereocenters. The van der Waals surface area contributed by atoms with Crippen LogP contribution in [-0.2, 0) is 11.3 Å². The molecule has 0 saturated heterocycles. The van der Waals surface area contributed by atoms with E-state index in [1.165, 1.54) is 17.4 Å². The maximum atomic E-state index is 11.6. The summed E-state index contributed by atoms with van der Waals surface area (Å²) in [5, 5.41) is 13.6. The molecule has 1 atom stereocenters. The van der Waals surface area contributed by atoms with Gasteiger partial charge in [0.05, 0.1) is 0 Å². The molecule has 2 rings (SSSR count). The van der Waals surface area contributed by atoms with Crippen LogP contribution >= 0.6 is 0 Å². The van der Waals surface area contributed by atoms with Gasteiger partial charge in [-0.3, -0.25) is 4.79 Å². The molecule has 1 amide bonds. The number of carbonyl (C=O) groups is 1. The fourth-order valence-corrected chi connectivity index (χ4v) is 1.77. The van der Waals surface area contributed by atoms with Gasteiger partial charge in [-0.15, -0.1) is 5.10 Å². The highest BCUT2D eigenvalue weighted by molar-refractivity contribution is 5.76. The van der Waals surface area contributed by atoms with Gasteiger partial charge in [0.15, 0.2) is 0 Å². The van der Waals surface area contributed by atoms with Crippen LogP contribution in [0.15, 0.2) is 6.33 Å². The van der Waals surface area contributed by atoms with Crippen molar-refractivity contribution in [3.05, 3.63) is 6.33 Å². The second kappa shape index (κ2) is 3.60. The van der Waals surface area contributed by atoms with Crippen molar-refractivity contribution in [1.29, 1.82) is 0 Å². The first-order chi connectivity index (χ1) is 7.08. The summed E-state index contributed by atoms with van der Waals surface area (Å²) in [7, 11) is 0. The van der Waals surface area contributed by atoms with Crippen LogP contribution in [0.25, 0.3) is 0 Å². The van der Waals surface area contributed by atoms with Gasteiger partial charge in [-0.2, -0.15) is 0 Å². The third-order valence-corrected chi connectivity index (χ3v) is 3.05. The molecule has 1 aromatic heterocycles. The number of aromatic nitrogens is 4. The normalized spacial score (nSPS) is 23.2. The summed E-state index contributed by atoms with van der Waals surface area (Å²) < 4.78 is 1.42. The van der Waals surface area contributed by atoms with Crippen LogP contribution in [0.5, 0.6) is 0 Å². The van der Waals surface area contributed by atoms with E-state index in [1.54, 1.807) is 0 Å². The first-order valence-electron chi connectivity index (χ1n) is 5.08. The predicted molar refractivity (Wildman–Crippen MR) is 52.8 cm³/mol. The lowest BCUT2D eigenvalue weighted by Gasteiger charge is -2.44. The number of nitrogens with one attached hydrogen (secondary N) is 1. The Bertz CT molecular complexity index is 345. The van der Waals surface area contributed by atoms with E-state index in [-0.39, 0.29) is 17.9 Å². The van der Waals surface area contributed by atoms with Crippen LogP contribution in [0.4, 0.5) is 0 Å². The molecule has 1 fully saturated rings. The van der Waals surface area contributed by atoms with Crippen molar-refractivity contribution in [3.8, 4) is 0 Å². The van der Waals surface area contributed by atoms with Crippen LogP contribution in [0.1, 0.15) is 26.7 Å². The van der Waals surface area contributed by atoms with Crippen molar-refractivity contribution in [2.75, 3.05) is 0 Å². The van der Waals surface area contributed by atoms with Crippen molar-refractivity contribution < 1.29 is 4.79 Å². The second-order valence-electron chi connectivity index (χ2n) is 4.65. The number of hydrogen-bond acceptors (Lipinski definition) is 4. The zero-order valence-electron chi connectivity index (χ0n) is 8.97. The summed E-state index contributed by atoms with van der Waals surface area (Å²) in [6, 6.07) is 0.293. The fourth-order valence-electron chi connectivity index (χ4n) is 1.77. The summed E-state index contributed by atoms with van der Waals surface area (Å²) in [5.41, 5.74) is 0.232. The first-order valence-corrected chi connectivity index (χ1v) is 5.08. The van der Waals surface area contributed by atoms with E-state index in [4.69, 9.17) is 0 Å². The Morgan fingerprint density at radius 1 is 1.67 bits per heavy atom.